The summed E-state index contributed by atoms with van der Waals surface area (Å²) >= 11 is 0. The summed E-state index contributed by atoms with van der Waals surface area (Å²) in [5, 5.41) is 2.72. The van der Waals surface area contributed by atoms with Crippen LogP contribution in [0.1, 0.15) is 5.56 Å². The lowest BCUT2D eigenvalue weighted by Crippen LogP contribution is -2.40. The van der Waals surface area contributed by atoms with Crippen molar-refractivity contribution in [3.05, 3.63) is 60.2 Å². The Labute approximate surface area is 142 Å². The molecule has 0 aliphatic carbocycles. The van der Waals surface area contributed by atoms with Gasteiger partial charge in [-0.25, -0.2) is 8.42 Å². The lowest BCUT2D eigenvalue weighted by molar-refractivity contribution is -0.119. The minimum atomic E-state index is -3.60. The molecule has 0 atom stereocenters. The Morgan fingerprint density at radius 2 is 1.83 bits per heavy atom. The summed E-state index contributed by atoms with van der Waals surface area (Å²) in [4.78, 5) is 12.2. The number of amides is 1. The molecule has 2 aromatic carbocycles. The molecule has 128 valence electrons. The van der Waals surface area contributed by atoms with Gasteiger partial charge in [-0.3, -0.25) is 9.10 Å². The zero-order valence-corrected chi connectivity index (χ0v) is 14.4. The Bertz CT molecular complexity index is 791. The number of benzene rings is 2. The largest absolute Gasteiger partial charge is 0.497 e. The summed E-state index contributed by atoms with van der Waals surface area (Å²) in [6, 6.07) is 16.0. The van der Waals surface area contributed by atoms with Crippen LogP contribution in [-0.2, 0) is 21.4 Å². The van der Waals surface area contributed by atoms with Gasteiger partial charge in [-0.15, -0.1) is 0 Å². The number of carbonyl (C=O) groups is 1. The zero-order valence-electron chi connectivity index (χ0n) is 13.6. The molecule has 0 radical (unpaired) electrons. The molecule has 24 heavy (non-hydrogen) atoms. The van der Waals surface area contributed by atoms with Crippen LogP contribution in [0.3, 0.4) is 0 Å². The molecule has 2 aromatic rings. The second-order valence-corrected chi connectivity index (χ2v) is 7.14. The minimum absolute atomic E-state index is 0.293. The van der Waals surface area contributed by atoms with Crippen LogP contribution in [0, 0.1) is 0 Å². The molecule has 2 rings (SSSR count). The van der Waals surface area contributed by atoms with Gasteiger partial charge in [0.15, 0.2) is 0 Å². The Morgan fingerprint density at radius 1 is 1.12 bits per heavy atom. The average Bonchev–Trinajstić information content (AvgIpc) is 2.58. The molecule has 0 aliphatic heterocycles. The molecule has 0 saturated heterocycles. The third-order valence-electron chi connectivity index (χ3n) is 3.36. The zero-order chi connectivity index (χ0) is 17.6. The lowest BCUT2D eigenvalue weighted by atomic mass is 10.2. The number of nitrogens with one attached hydrogen (secondary N) is 1. The average molecular weight is 348 g/mol. The number of hydrogen-bond donors (Lipinski definition) is 1. The van der Waals surface area contributed by atoms with E-state index in [2.05, 4.69) is 5.32 Å². The molecule has 0 unspecified atom stereocenters. The molecule has 0 aromatic heterocycles. The third-order valence-corrected chi connectivity index (χ3v) is 4.50. The van der Waals surface area contributed by atoms with Crippen molar-refractivity contribution >= 4 is 21.6 Å². The number of ether oxygens (including phenoxy) is 1. The highest BCUT2D eigenvalue weighted by Gasteiger charge is 2.21. The Balaban J connectivity index is 2.10. The number of hydrogen-bond acceptors (Lipinski definition) is 4. The number of rotatable bonds is 7. The van der Waals surface area contributed by atoms with E-state index in [1.165, 1.54) is 7.11 Å². The number of anilines is 1. The minimum Gasteiger partial charge on any atom is -0.497 e. The maximum atomic E-state index is 12.2. The van der Waals surface area contributed by atoms with Gasteiger partial charge in [-0.2, -0.15) is 0 Å². The van der Waals surface area contributed by atoms with Crippen LogP contribution in [0.4, 0.5) is 5.69 Å². The van der Waals surface area contributed by atoms with Crippen LogP contribution in [-0.4, -0.2) is 34.2 Å². The second kappa shape index (κ2) is 7.83. The third kappa shape index (κ3) is 4.99. The van der Waals surface area contributed by atoms with Crippen LogP contribution in [0.2, 0.25) is 0 Å². The molecule has 0 spiro atoms. The van der Waals surface area contributed by atoms with E-state index in [-0.39, 0.29) is 12.5 Å². The molecule has 1 N–H and O–H groups in total. The molecule has 7 heteroatoms. The van der Waals surface area contributed by atoms with Gasteiger partial charge in [-0.1, -0.05) is 36.4 Å². The van der Waals surface area contributed by atoms with Gasteiger partial charge in [0.05, 0.1) is 19.1 Å². The standard InChI is InChI=1S/C17H20N2O4S/c1-23-16-10-6-9-15(11-16)19(24(2,21)22)13-17(20)18-12-14-7-4-3-5-8-14/h3-11H,12-13H2,1-2H3,(H,18,20). The summed E-state index contributed by atoms with van der Waals surface area (Å²) in [5.74, 6) is 0.137. The Hall–Kier alpha value is -2.54. The molecule has 0 fully saturated rings. The van der Waals surface area contributed by atoms with E-state index in [0.29, 0.717) is 18.0 Å². The first-order valence-corrected chi connectivity index (χ1v) is 9.17. The fourth-order valence-electron chi connectivity index (χ4n) is 2.15. The van der Waals surface area contributed by atoms with Gasteiger partial charge in [0, 0.05) is 12.6 Å². The lowest BCUT2D eigenvalue weighted by Gasteiger charge is -2.22. The van der Waals surface area contributed by atoms with Crippen LogP contribution in [0.25, 0.3) is 0 Å². The van der Waals surface area contributed by atoms with Crippen molar-refractivity contribution in [2.24, 2.45) is 0 Å². The Morgan fingerprint density at radius 3 is 2.46 bits per heavy atom. The first-order valence-electron chi connectivity index (χ1n) is 7.32. The van der Waals surface area contributed by atoms with Crippen molar-refractivity contribution in [1.29, 1.82) is 0 Å². The molecule has 0 heterocycles. The number of methoxy groups -OCH3 is 1. The van der Waals surface area contributed by atoms with Gasteiger partial charge in [-0.05, 0) is 17.7 Å². The summed E-state index contributed by atoms with van der Waals surface area (Å²) in [6.07, 6.45) is 1.07. The highest BCUT2D eigenvalue weighted by molar-refractivity contribution is 7.92. The maximum absolute atomic E-state index is 12.2. The highest BCUT2D eigenvalue weighted by Crippen LogP contribution is 2.22. The van der Waals surface area contributed by atoms with Gasteiger partial charge < -0.3 is 10.1 Å². The second-order valence-electron chi connectivity index (χ2n) is 5.23. The van der Waals surface area contributed by atoms with E-state index < -0.39 is 10.0 Å². The summed E-state index contributed by atoms with van der Waals surface area (Å²) in [5.41, 5.74) is 1.32. The molecule has 1 amide bonds. The molecule has 0 bridgehead atoms. The summed E-state index contributed by atoms with van der Waals surface area (Å²) in [7, 11) is -2.11. The normalized spacial score (nSPS) is 10.9. The van der Waals surface area contributed by atoms with Crippen LogP contribution in [0.15, 0.2) is 54.6 Å². The number of nitrogens with zero attached hydrogens (tertiary/aromatic N) is 1. The topological polar surface area (TPSA) is 75.7 Å². The molecule has 0 saturated carbocycles. The van der Waals surface area contributed by atoms with Crippen molar-refractivity contribution < 1.29 is 17.9 Å². The predicted molar refractivity (Wildman–Crippen MR) is 93.5 cm³/mol. The van der Waals surface area contributed by atoms with Crippen LogP contribution < -0.4 is 14.4 Å². The SMILES string of the molecule is COc1cccc(N(CC(=O)NCc2ccccc2)S(C)(=O)=O)c1. The van der Waals surface area contributed by atoms with Crippen LogP contribution in [0.5, 0.6) is 5.75 Å². The van der Waals surface area contributed by atoms with Crippen molar-refractivity contribution in [2.75, 3.05) is 24.2 Å². The fourth-order valence-corrected chi connectivity index (χ4v) is 3.00. The van der Waals surface area contributed by atoms with Gasteiger partial charge >= 0.3 is 0 Å². The van der Waals surface area contributed by atoms with Crippen molar-refractivity contribution in [3.8, 4) is 5.75 Å². The molecule has 6 nitrogen and oxygen atoms in total. The molecular weight excluding hydrogens is 328 g/mol. The smallest absolute Gasteiger partial charge is 0.241 e. The highest BCUT2D eigenvalue weighted by atomic mass is 32.2. The van der Waals surface area contributed by atoms with E-state index in [1.54, 1.807) is 24.3 Å². The summed E-state index contributed by atoms with van der Waals surface area (Å²) in [6.45, 7) is 0.0498. The van der Waals surface area contributed by atoms with Crippen LogP contribution >= 0.6 is 0 Å². The van der Waals surface area contributed by atoms with E-state index in [9.17, 15) is 13.2 Å². The van der Waals surface area contributed by atoms with E-state index >= 15 is 0 Å². The fraction of sp³-hybridized carbons (Fsp3) is 0.235. The Kier molecular flexibility index (Phi) is 5.81. The monoisotopic (exact) mass is 348 g/mol. The van der Waals surface area contributed by atoms with Gasteiger partial charge in [0.25, 0.3) is 0 Å². The maximum Gasteiger partial charge on any atom is 0.241 e. The van der Waals surface area contributed by atoms with Crippen molar-refractivity contribution in [2.45, 2.75) is 6.54 Å². The van der Waals surface area contributed by atoms with E-state index in [4.69, 9.17) is 4.74 Å². The first kappa shape index (κ1) is 17.8. The van der Waals surface area contributed by atoms with E-state index in [1.807, 2.05) is 30.3 Å². The molecule has 0 aliphatic rings. The van der Waals surface area contributed by atoms with Gasteiger partial charge in [0.1, 0.15) is 12.3 Å². The summed E-state index contributed by atoms with van der Waals surface area (Å²) < 4.78 is 30.3. The quantitative estimate of drug-likeness (QED) is 0.827. The van der Waals surface area contributed by atoms with Crippen molar-refractivity contribution in [3.63, 3.8) is 0 Å². The molecular formula is C17H20N2O4S. The van der Waals surface area contributed by atoms with E-state index in [0.717, 1.165) is 16.1 Å². The van der Waals surface area contributed by atoms with Crippen molar-refractivity contribution in [1.82, 2.24) is 5.32 Å². The predicted octanol–water partition coefficient (Wildman–Crippen LogP) is 1.78. The number of sulfonamides is 1. The van der Waals surface area contributed by atoms with Gasteiger partial charge in [0.2, 0.25) is 15.9 Å². The first-order chi connectivity index (χ1) is 11.4. The number of carbonyl (C=O) groups excluding carboxylic acids is 1.